The van der Waals surface area contributed by atoms with Gasteiger partial charge < -0.3 is 9.80 Å². The lowest BCUT2D eigenvalue weighted by Crippen LogP contribution is -2.50. The van der Waals surface area contributed by atoms with E-state index in [4.69, 9.17) is 4.98 Å². The Balaban J connectivity index is 1.72. The maximum atomic E-state index is 13.5. The molecule has 0 saturated carbocycles. The van der Waals surface area contributed by atoms with Crippen LogP contribution in [0.15, 0.2) is 52.4 Å². The van der Waals surface area contributed by atoms with Crippen LogP contribution in [0, 0.1) is 13.8 Å². The van der Waals surface area contributed by atoms with Crippen molar-refractivity contribution in [2.24, 2.45) is 0 Å². The van der Waals surface area contributed by atoms with Gasteiger partial charge in [-0.25, -0.2) is 4.98 Å². The summed E-state index contributed by atoms with van der Waals surface area (Å²) < 4.78 is 1.67. The lowest BCUT2D eigenvalue weighted by molar-refractivity contribution is -0.132. The highest BCUT2D eigenvalue weighted by molar-refractivity contribution is 8.00. The number of hydrogen-bond acceptors (Lipinski definition) is 5. The molecule has 1 aliphatic heterocycles. The van der Waals surface area contributed by atoms with Gasteiger partial charge in [0.2, 0.25) is 5.91 Å². The summed E-state index contributed by atoms with van der Waals surface area (Å²) in [6, 6.07) is 13.5. The molecule has 4 rings (SSSR count). The molecule has 1 aliphatic rings. The van der Waals surface area contributed by atoms with Crippen molar-refractivity contribution >= 4 is 28.6 Å². The number of rotatable bonds is 5. The van der Waals surface area contributed by atoms with Crippen LogP contribution in [0.3, 0.4) is 0 Å². The minimum atomic E-state index is -0.340. The summed E-state index contributed by atoms with van der Waals surface area (Å²) in [7, 11) is 0. The summed E-state index contributed by atoms with van der Waals surface area (Å²) in [6.07, 6.45) is 0. The fourth-order valence-electron chi connectivity index (χ4n) is 4.11. The first-order valence-electron chi connectivity index (χ1n) is 11.2. The molecule has 168 valence electrons. The van der Waals surface area contributed by atoms with E-state index in [1.807, 2.05) is 68.1 Å². The van der Waals surface area contributed by atoms with Crippen molar-refractivity contribution in [3.05, 3.63) is 63.9 Å². The number of aromatic nitrogens is 2. The minimum Gasteiger partial charge on any atom is -0.339 e. The molecule has 1 unspecified atom stereocenters. The highest BCUT2D eigenvalue weighted by Crippen LogP contribution is 2.28. The predicted molar refractivity (Wildman–Crippen MR) is 131 cm³/mol. The Labute approximate surface area is 193 Å². The standard InChI is InChI=1S/C25H30N4O2S/c1-5-27-12-14-28(15-13-27)23(30)19(4)32-25-26-21-9-7-6-8-20(21)24(31)29(25)22-16-17(2)10-11-18(22)3/h6-11,16,19H,5,12-15H2,1-4H3. The quantitative estimate of drug-likeness (QED) is 0.439. The van der Waals surface area contributed by atoms with E-state index >= 15 is 0 Å². The Morgan fingerprint density at radius 2 is 1.81 bits per heavy atom. The average molecular weight is 451 g/mol. The van der Waals surface area contributed by atoms with E-state index in [1.165, 1.54) is 11.8 Å². The van der Waals surface area contributed by atoms with Gasteiger partial charge in [0.25, 0.3) is 5.56 Å². The number of likely N-dealkylation sites (N-methyl/N-ethyl adjacent to an activating group) is 1. The number of benzene rings is 2. The molecule has 7 heteroatoms. The topological polar surface area (TPSA) is 58.4 Å². The second-order valence-corrected chi connectivity index (χ2v) is 9.67. The maximum Gasteiger partial charge on any atom is 0.266 e. The molecule has 0 spiro atoms. The van der Waals surface area contributed by atoms with Crippen LogP contribution >= 0.6 is 11.8 Å². The molecular weight excluding hydrogens is 420 g/mol. The lowest BCUT2D eigenvalue weighted by atomic mass is 10.1. The number of aryl methyl sites for hydroxylation is 2. The number of carbonyl (C=O) groups excluding carboxylic acids is 1. The number of nitrogens with zero attached hydrogens (tertiary/aromatic N) is 4. The molecule has 1 aromatic heterocycles. The second kappa shape index (κ2) is 9.46. The van der Waals surface area contributed by atoms with Crippen molar-refractivity contribution in [2.75, 3.05) is 32.7 Å². The molecular formula is C25H30N4O2S. The van der Waals surface area contributed by atoms with Gasteiger partial charge in [0, 0.05) is 26.2 Å². The van der Waals surface area contributed by atoms with Crippen LogP contribution in [0.5, 0.6) is 0 Å². The number of carbonyl (C=O) groups is 1. The number of amides is 1. The first-order valence-corrected chi connectivity index (χ1v) is 12.0. The van der Waals surface area contributed by atoms with Gasteiger partial charge in [-0.1, -0.05) is 43.0 Å². The van der Waals surface area contributed by atoms with E-state index in [9.17, 15) is 9.59 Å². The van der Waals surface area contributed by atoms with Crippen molar-refractivity contribution in [3.8, 4) is 5.69 Å². The number of thioether (sulfide) groups is 1. The number of para-hydroxylation sites is 1. The van der Waals surface area contributed by atoms with Gasteiger partial charge in [-0.05, 0) is 56.6 Å². The van der Waals surface area contributed by atoms with Crippen molar-refractivity contribution in [1.82, 2.24) is 19.4 Å². The van der Waals surface area contributed by atoms with E-state index in [1.54, 1.807) is 4.57 Å². The van der Waals surface area contributed by atoms with E-state index in [0.717, 1.165) is 49.5 Å². The number of hydrogen-bond donors (Lipinski definition) is 0. The van der Waals surface area contributed by atoms with Crippen LogP contribution in [-0.4, -0.2) is 63.2 Å². The van der Waals surface area contributed by atoms with Gasteiger partial charge in [0.15, 0.2) is 5.16 Å². The Hall–Kier alpha value is -2.64. The molecule has 2 heterocycles. The summed E-state index contributed by atoms with van der Waals surface area (Å²) >= 11 is 1.36. The molecule has 0 radical (unpaired) electrons. The first-order chi connectivity index (χ1) is 15.4. The van der Waals surface area contributed by atoms with E-state index < -0.39 is 0 Å². The summed E-state index contributed by atoms with van der Waals surface area (Å²) in [4.78, 5) is 35.8. The zero-order chi connectivity index (χ0) is 22.8. The molecule has 32 heavy (non-hydrogen) atoms. The Morgan fingerprint density at radius 3 is 2.53 bits per heavy atom. The molecule has 1 saturated heterocycles. The van der Waals surface area contributed by atoms with Crippen molar-refractivity contribution in [3.63, 3.8) is 0 Å². The van der Waals surface area contributed by atoms with Crippen LogP contribution in [-0.2, 0) is 4.79 Å². The number of piperazine rings is 1. The van der Waals surface area contributed by atoms with Gasteiger partial charge in [0.1, 0.15) is 0 Å². The van der Waals surface area contributed by atoms with Crippen LogP contribution in [0.4, 0.5) is 0 Å². The average Bonchev–Trinajstić information content (AvgIpc) is 2.81. The zero-order valence-electron chi connectivity index (χ0n) is 19.2. The zero-order valence-corrected chi connectivity index (χ0v) is 20.0. The normalized spacial score (nSPS) is 15.8. The van der Waals surface area contributed by atoms with Crippen LogP contribution in [0.25, 0.3) is 16.6 Å². The fourth-order valence-corrected chi connectivity index (χ4v) is 5.12. The third-order valence-corrected chi connectivity index (χ3v) is 7.15. The maximum absolute atomic E-state index is 13.5. The Bertz CT molecular complexity index is 1200. The van der Waals surface area contributed by atoms with E-state index in [-0.39, 0.29) is 16.7 Å². The first kappa shape index (κ1) is 22.6. The molecule has 1 atom stereocenters. The molecule has 1 fully saturated rings. The molecule has 0 aliphatic carbocycles. The lowest BCUT2D eigenvalue weighted by Gasteiger charge is -2.35. The third-order valence-electron chi connectivity index (χ3n) is 6.11. The van der Waals surface area contributed by atoms with Gasteiger partial charge in [-0.2, -0.15) is 0 Å². The molecule has 3 aromatic rings. The monoisotopic (exact) mass is 450 g/mol. The van der Waals surface area contributed by atoms with Gasteiger partial charge in [0.05, 0.1) is 21.8 Å². The Kier molecular flexibility index (Phi) is 6.67. The highest BCUT2D eigenvalue weighted by Gasteiger charge is 2.27. The third kappa shape index (κ3) is 4.45. The highest BCUT2D eigenvalue weighted by atomic mass is 32.2. The summed E-state index contributed by atoms with van der Waals surface area (Å²) in [5.74, 6) is 0.0978. The van der Waals surface area contributed by atoms with Crippen molar-refractivity contribution in [2.45, 2.75) is 38.1 Å². The Morgan fingerprint density at radius 1 is 1.09 bits per heavy atom. The SMILES string of the molecule is CCN1CCN(C(=O)C(C)Sc2nc3ccccc3c(=O)n2-c2cc(C)ccc2C)CC1. The second-order valence-electron chi connectivity index (χ2n) is 8.36. The van der Waals surface area contributed by atoms with E-state index in [2.05, 4.69) is 11.8 Å². The van der Waals surface area contributed by atoms with E-state index in [0.29, 0.717) is 16.1 Å². The van der Waals surface area contributed by atoms with Gasteiger partial charge in [-0.15, -0.1) is 0 Å². The minimum absolute atomic E-state index is 0.0978. The van der Waals surface area contributed by atoms with Crippen molar-refractivity contribution < 1.29 is 4.79 Å². The molecule has 6 nitrogen and oxygen atoms in total. The summed E-state index contributed by atoms with van der Waals surface area (Å²) in [5.41, 5.74) is 3.42. The van der Waals surface area contributed by atoms with Crippen LogP contribution in [0.1, 0.15) is 25.0 Å². The largest absolute Gasteiger partial charge is 0.339 e. The van der Waals surface area contributed by atoms with Gasteiger partial charge in [-0.3, -0.25) is 14.2 Å². The summed E-state index contributed by atoms with van der Waals surface area (Å²) in [6.45, 7) is 12.4. The fraction of sp³-hybridized carbons (Fsp3) is 0.400. The molecule has 2 aromatic carbocycles. The van der Waals surface area contributed by atoms with Crippen LogP contribution < -0.4 is 5.56 Å². The van der Waals surface area contributed by atoms with Gasteiger partial charge >= 0.3 is 0 Å². The van der Waals surface area contributed by atoms with Crippen LogP contribution in [0.2, 0.25) is 0 Å². The predicted octanol–water partition coefficient (Wildman–Crippen LogP) is 3.65. The summed E-state index contributed by atoms with van der Waals surface area (Å²) in [5, 5.41) is 0.787. The molecule has 1 amide bonds. The molecule has 0 bridgehead atoms. The number of fused-ring (bicyclic) bond motifs is 1. The van der Waals surface area contributed by atoms with Crippen molar-refractivity contribution in [1.29, 1.82) is 0 Å². The smallest absolute Gasteiger partial charge is 0.266 e. The molecule has 0 N–H and O–H groups in total.